The highest BCUT2D eigenvalue weighted by Crippen LogP contribution is 2.29. The number of piperidine rings is 1. The maximum absolute atomic E-state index is 13.2. The minimum Gasteiger partial charge on any atom is -0.423 e. The van der Waals surface area contributed by atoms with Gasteiger partial charge in [0.15, 0.2) is 5.58 Å². The predicted molar refractivity (Wildman–Crippen MR) is 121 cm³/mol. The molecule has 0 radical (unpaired) electrons. The van der Waals surface area contributed by atoms with Crippen molar-refractivity contribution in [3.63, 3.8) is 0 Å². The summed E-state index contributed by atoms with van der Waals surface area (Å²) in [4.78, 5) is 25.8. The van der Waals surface area contributed by atoms with Gasteiger partial charge in [-0.1, -0.05) is 24.3 Å². The molecular formula is C24H26N6O2. The molecule has 4 aromatic rings. The molecule has 1 amide bonds. The van der Waals surface area contributed by atoms with E-state index < -0.39 is 0 Å². The van der Waals surface area contributed by atoms with Gasteiger partial charge >= 0.3 is 0 Å². The standard InChI is InChI=1S/C24H26N6O2/c1-17(18-7-9-20(10-8-18)30-16-25-15-26-30)28(2)23(31)19-11-13-29(14-12-19)24-27-21-5-3-4-6-22(21)32-24/h3-10,15-17,19H,11-14H2,1-2H3/t17-/m0/s1. The SMILES string of the molecule is C[C@@H](c1ccc(-n2cncn2)cc1)N(C)C(=O)C1CCN(c2nc3ccccc3o2)CC1. The number of aromatic nitrogens is 4. The van der Waals surface area contributed by atoms with Crippen molar-refractivity contribution in [1.82, 2.24) is 24.6 Å². The van der Waals surface area contributed by atoms with Gasteiger partial charge in [-0.15, -0.1) is 0 Å². The number of anilines is 1. The van der Waals surface area contributed by atoms with Crippen LogP contribution in [0.3, 0.4) is 0 Å². The second-order valence-corrected chi connectivity index (χ2v) is 8.28. The van der Waals surface area contributed by atoms with Crippen molar-refractivity contribution >= 4 is 23.0 Å². The Labute approximate surface area is 186 Å². The lowest BCUT2D eigenvalue weighted by Gasteiger charge is -2.34. The molecule has 0 unspecified atom stereocenters. The van der Waals surface area contributed by atoms with Crippen molar-refractivity contribution in [2.24, 2.45) is 5.92 Å². The summed E-state index contributed by atoms with van der Waals surface area (Å²) in [5.41, 5.74) is 3.70. The Morgan fingerprint density at radius 2 is 1.88 bits per heavy atom. The summed E-state index contributed by atoms with van der Waals surface area (Å²) in [6.07, 6.45) is 4.76. The Hall–Kier alpha value is -3.68. The Bertz CT molecular complexity index is 1160. The van der Waals surface area contributed by atoms with Gasteiger partial charge in [0.25, 0.3) is 6.01 Å². The van der Waals surface area contributed by atoms with Crippen molar-refractivity contribution in [2.75, 3.05) is 25.0 Å². The monoisotopic (exact) mass is 430 g/mol. The Balaban J connectivity index is 1.20. The van der Waals surface area contributed by atoms with Crippen LogP contribution in [-0.2, 0) is 4.79 Å². The molecule has 8 heteroatoms. The van der Waals surface area contributed by atoms with Crippen molar-refractivity contribution in [3.05, 3.63) is 66.7 Å². The van der Waals surface area contributed by atoms with E-state index in [0.29, 0.717) is 6.01 Å². The first-order chi connectivity index (χ1) is 15.6. The summed E-state index contributed by atoms with van der Waals surface area (Å²) >= 11 is 0. The zero-order chi connectivity index (χ0) is 22.1. The van der Waals surface area contributed by atoms with Gasteiger partial charge in [0.1, 0.15) is 18.2 Å². The van der Waals surface area contributed by atoms with Crippen LogP contribution in [0, 0.1) is 5.92 Å². The lowest BCUT2D eigenvalue weighted by molar-refractivity contribution is -0.136. The molecular weight excluding hydrogens is 404 g/mol. The molecule has 2 aromatic carbocycles. The number of benzene rings is 2. The van der Waals surface area contributed by atoms with Crippen molar-refractivity contribution < 1.29 is 9.21 Å². The molecule has 32 heavy (non-hydrogen) atoms. The van der Waals surface area contributed by atoms with Crippen LogP contribution in [0.25, 0.3) is 16.8 Å². The van der Waals surface area contributed by atoms with Crippen molar-refractivity contribution in [1.29, 1.82) is 0 Å². The molecule has 5 rings (SSSR count). The third-order valence-corrected chi connectivity index (χ3v) is 6.38. The first-order valence-corrected chi connectivity index (χ1v) is 10.9. The second kappa shape index (κ2) is 8.45. The highest BCUT2D eigenvalue weighted by molar-refractivity contribution is 5.79. The third-order valence-electron chi connectivity index (χ3n) is 6.38. The van der Waals surface area contributed by atoms with Crippen LogP contribution in [0.4, 0.5) is 6.01 Å². The van der Waals surface area contributed by atoms with E-state index in [2.05, 4.69) is 26.9 Å². The number of carbonyl (C=O) groups is 1. The number of carbonyl (C=O) groups excluding carboxylic acids is 1. The normalized spacial score (nSPS) is 15.8. The van der Waals surface area contributed by atoms with Crippen LogP contribution in [0.15, 0.2) is 65.6 Å². The van der Waals surface area contributed by atoms with Crippen molar-refractivity contribution in [3.8, 4) is 5.69 Å². The quantitative estimate of drug-likeness (QED) is 0.479. The number of hydrogen-bond acceptors (Lipinski definition) is 6. The van der Waals surface area contributed by atoms with Gasteiger partial charge in [-0.2, -0.15) is 10.1 Å². The van der Waals surface area contributed by atoms with Gasteiger partial charge < -0.3 is 14.2 Å². The average molecular weight is 431 g/mol. The maximum atomic E-state index is 13.2. The van der Waals surface area contributed by atoms with E-state index in [4.69, 9.17) is 4.42 Å². The molecule has 3 heterocycles. The van der Waals surface area contributed by atoms with E-state index in [-0.39, 0.29) is 17.9 Å². The van der Waals surface area contributed by atoms with E-state index in [9.17, 15) is 4.79 Å². The van der Waals surface area contributed by atoms with Gasteiger partial charge in [-0.25, -0.2) is 9.67 Å². The largest absolute Gasteiger partial charge is 0.423 e. The smallest absolute Gasteiger partial charge is 0.298 e. The van der Waals surface area contributed by atoms with Crippen LogP contribution < -0.4 is 4.90 Å². The average Bonchev–Trinajstić information content (AvgIpc) is 3.53. The zero-order valence-electron chi connectivity index (χ0n) is 18.3. The molecule has 1 fully saturated rings. The lowest BCUT2D eigenvalue weighted by atomic mass is 9.94. The number of para-hydroxylation sites is 2. The molecule has 1 aliphatic heterocycles. The molecule has 164 valence electrons. The molecule has 0 N–H and O–H groups in total. The highest BCUT2D eigenvalue weighted by Gasteiger charge is 2.30. The first kappa shape index (κ1) is 20.2. The van der Waals surface area contributed by atoms with Gasteiger partial charge in [0.05, 0.1) is 11.7 Å². The maximum Gasteiger partial charge on any atom is 0.298 e. The Morgan fingerprint density at radius 3 is 2.56 bits per heavy atom. The first-order valence-electron chi connectivity index (χ1n) is 10.9. The number of fused-ring (bicyclic) bond motifs is 1. The topological polar surface area (TPSA) is 80.3 Å². The van der Waals surface area contributed by atoms with Crippen LogP contribution in [-0.4, -0.2) is 50.7 Å². The summed E-state index contributed by atoms with van der Waals surface area (Å²) in [6.45, 7) is 3.59. The molecule has 1 saturated heterocycles. The summed E-state index contributed by atoms with van der Waals surface area (Å²) < 4.78 is 7.61. The number of oxazole rings is 1. The number of rotatable bonds is 5. The molecule has 0 spiro atoms. The van der Waals surface area contributed by atoms with E-state index in [1.54, 1.807) is 11.0 Å². The Kier molecular flexibility index (Phi) is 5.34. The zero-order valence-corrected chi connectivity index (χ0v) is 18.3. The minimum absolute atomic E-state index is 0.0116. The summed E-state index contributed by atoms with van der Waals surface area (Å²) in [7, 11) is 1.89. The second-order valence-electron chi connectivity index (χ2n) is 8.28. The fourth-order valence-corrected chi connectivity index (χ4v) is 4.26. The molecule has 1 atom stereocenters. The fraction of sp³-hybridized carbons (Fsp3) is 0.333. The van der Waals surface area contributed by atoms with E-state index >= 15 is 0 Å². The molecule has 0 aliphatic carbocycles. The Morgan fingerprint density at radius 1 is 1.12 bits per heavy atom. The lowest BCUT2D eigenvalue weighted by Crippen LogP contribution is -2.42. The van der Waals surface area contributed by atoms with Crippen molar-refractivity contribution in [2.45, 2.75) is 25.8 Å². The molecule has 8 nitrogen and oxygen atoms in total. The summed E-state index contributed by atoms with van der Waals surface area (Å²) in [5.74, 6) is 0.201. The number of nitrogens with zero attached hydrogens (tertiary/aromatic N) is 6. The molecule has 0 bridgehead atoms. The molecule has 0 saturated carbocycles. The van der Waals surface area contributed by atoms with E-state index in [1.807, 2.05) is 60.5 Å². The summed E-state index contributed by atoms with van der Waals surface area (Å²) in [5, 5.41) is 4.15. The molecule has 1 aliphatic rings. The van der Waals surface area contributed by atoms with Crippen LogP contribution in [0.1, 0.15) is 31.4 Å². The van der Waals surface area contributed by atoms with Gasteiger partial charge in [0, 0.05) is 26.1 Å². The number of amides is 1. The fourth-order valence-electron chi connectivity index (χ4n) is 4.26. The van der Waals surface area contributed by atoms with Crippen LogP contribution in [0.2, 0.25) is 0 Å². The third kappa shape index (κ3) is 3.84. The van der Waals surface area contributed by atoms with Gasteiger partial charge in [-0.05, 0) is 49.6 Å². The van der Waals surface area contributed by atoms with Crippen LogP contribution >= 0.6 is 0 Å². The van der Waals surface area contributed by atoms with E-state index in [1.165, 1.54) is 6.33 Å². The minimum atomic E-state index is -0.0117. The van der Waals surface area contributed by atoms with Gasteiger partial charge in [-0.3, -0.25) is 4.79 Å². The predicted octanol–water partition coefficient (Wildman–Crippen LogP) is 3.84. The summed E-state index contributed by atoms with van der Waals surface area (Å²) in [6, 6.07) is 16.5. The molecule has 2 aromatic heterocycles. The van der Waals surface area contributed by atoms with Crippen LogP contribution in [0.5, 0.6) is 0 Å². The van der Waals surface area contributed by atoms with Gasteiger partial charge in [0.2, 0.25) is 5.91 Å². The number of hydrogen-bond donors (Lipinski definition) is 0. The highest BCUT2D eigenvalue weighted by atomic mass is 16.4. The van der Waals surface area contributed by atoms with E-state index in [0.717, 1.165) is 48.3 Å².